The number of hydrogen-bond acceptors (Lipinski definition) is 4. The van der Waals surface area contributed by atoms with Gasteiger partial charge in [-0.25, -0.2) is 9.79 Å². The second kappa shape index (κ2) is 3.59. The van der Waals surface area contributed by atoms with Crippen LogP contribution in [0.4, 0.5) is 0 Å². The Balaban J connectivity index is 2.25. The number of hydrogen-bond donors (Lipinski definition) is 1. The molecule has 0 fully saturated rings. The van der Waals surface area contributed by atoms with Gasteiger partial charge in [0.2, 0.25) is 5.90 Å². The predicted octanol–water partition coefficient (Wildman–Crippen LogP) is 0.317. The number of aliphatic imine (C=N–C) groups is 1. The number of nitrogens with zero attached hydrogens (tertiary/aromatic N) is 1. The summed E-state index contributed by atoms with van der Waals surface area (Å²) >= 11 is 0. The highest BCUT2D eigenvalue weighted by Gasteiger charge is 2.23. The van der Waals surface area contributed by atoms with Crippen LogP contribution in [0.25, 0.3) is 0 Å². The molecular weight excluding hydrogens is 180 g/mol. The fraction of sp³-hybridized carbons (Fsp3) is 0.200. The van der Waals surface area contributed by atoms with Crippen LogP contribution in [0.15, 0.2) is 35.3 Å². The van der Waals surface area contributed by atoms with Gasteiger partial charge in [-0.15, -0.1) is 0 Å². The third-order valence-corrected chi connectivity index (χ3v) is 1.95. The summed E-state index contributed by atoms with van der Waals surface area (Å²) in [6.45, 7) is 0.295. The van der Waals surface area contributed by atoms with Crippen LogP contribution in [0.3, 0.4) is 0 Å². The van der Waals surface area contributed by atoms with Crippen LogP contribution in [0.1, 0.15) is 5.56 Å². The quantitative estimate of drug-likeness (QED) is 0.648. The molecule has 0 spiro atoms. The normalized spacial score (nSPS) is 21.4. The highest BCUT2D eigenvalue weighted by molar-refractivity contribution is 6.03. The molecule has 14 heavy (non-hydrogen) atoms. The van der Waals surface area contributed by atoms with E-state index in [1.807, 2.05) is 30.3 Å². The molecule has 0 bridgehead atoms. The van der Waals surface area contributed by atoms with Gasteiger partial charge in [-0.2, -0.15) is 0 Å². The molecule has 1 aromatic rings. The molecule has 1 unspecified atom stereocenters. The molecule has 1 aliphatic rings. The van der Waals surface area contributed by atoms with Gasteiger partial charge < -0.3 is 10.5 Å². The van der Waals surface area contributed by atoms with E-state index in [2.05, 4.69) is 4.99 Å². The molecule has 72 valence electrons. The zero-order valence-corrected chi connectivity index (χ0v) is 7.51. The van der Waals surface area contributed by atoms with Crippen molar-refractivity contribution < 1.29 is 9.53 Å². The van der Waals surface area contributed by atoms with Crippen molar-refractivity contribution in [3.8, 4) is 0 Å². The Morgan fingerprint density at radius 2 is 2.07 bits per heavy atom. The lowest BCUT2D eigenvalue weighted by molar-refractivity contribution is -0.137. The number of esters is 1. The maximum atomic E-state index is 11.1. The van der Waals surface area contributed by atoms with E-state index in [4.69, 9.17) is 10.5 Å². The van der Waals surface area contributed by atoms with Crippen molar-refractivity contribution in [2.24, 2.45) is 10.7 Å². The van der Waals surface area contributed by atoms with Crippen LogP contribution < -0.4 is 5.73 Å². The van der Waals surface area contributed by atoms with Crippen LogP contribution in [-0.4, -0.2) is 24.5 Å². The Kier molecular flexibility index (Phi) is 2.28. The van der Waals surface area contributed by atoms with Crippen LogP contribution in [-0.2, 0) is 9.53 Å². The van der Waals surface area contributed by atoms with E-state index in [1.54, 1.807) is 0 Å². The summed E-state index contributed by atoms with van der Waals surface area (Å²) in [4.78, 5) is 15.2. The summed E-state index contributed by atoms with van der Waals surface area (Å²) in [6.07, 6.45) is 0. The minimum Gasteiger partial charge on any atom is -0.406 e. The molecule has 0 saturated carbocycles. The maximum absolute atomic E-state index is 11.1. The lowest BCUT2D eigenvalue weighted by Crippen LogP contribution is -2.40. The summed E-state index contributed by atoms with van der Waals surface area (Å²) < 4.78 is 4.97. The Morgan fingerprint density at radius 1 is 1.36 bits per heavy atom. The highest BCUT2D eigenvalue weighted by atomic mass is 16.5. The van der Waals surface area contributed by atoms with E-state index in [0.29, 0.717) is 12.4 Å². The number of benzene rings is 1. The Bertz CT molecular complexity index is 373. The second-order valence-corrected chi connectivity index (χ2v) is 3.04. The minimum atomic E-state index is -0.623. The zero-order chi connectivity index (χ0) is 9.97. The Morgan fingerprint density at radius 3 is 2.71 bits per heavy atom. The van der Waals surface area contributed by atoms with Gasteiger partial charge in [0, 0.05) is 5.56 Å². The molecule has 2 N–H and O–H groups in total. The first kappa shape index (κ1) is 8.90. The summed E-state index contributed by atoms with van der Waals surface area (Å²) in [7, 11) is 0. The molecule has 0 radical (unpaired) electrons. The second-order valence-electron chi connectivity index (χ2n) is 3.04. The van der Waals surface area contributed by atoms with E-state index in [-0.39, 0.29) is 0 Å². The number of nitrogens with two attached hydrogens (primary N) is 1. The molecule has 4 nitrogen and oxygen atoms in total. The number of ether oxygens (including phenoxy) is 1. The Hall–Kier alpha value is -1.68. The molecule has 2 rings (SSSR count). The van der Waals surface area contributed by atoms with Gasteiger partial charge >= 0.3 is 5.97 Å². The van der Waals surface area contributed by atoms with Gasteiger partial charge in [-0.3, -0.25) is 0 Å². The van der Waals surface area contributed by atoms with Crippen molar-refractivity contribution in [2.45, 2.75) is 6.04 Å². The molecule has 1 aromatic carbocycles. The summed E-state index contributed by atoms with van der Waals surface area (Å²) in [5.41, 5.74) is 6.24. The topological polar surface area (TPSA) is 64.7 Å². The van der Waals surface area contributed by atoms with Crippen molar-refractivity contribution in [3.63, 3.8) is 0 Å². The van der Waals surface area contributed by atoms with E-state index in [9.17, 15) is 4.79 Å². The summed E-state index contributed by atoms with van der Waals surface area (Å²) in [6, 6.07) is 8.66. The molecule has 1 atom stereocenters. The van der Waals surface area contributed by atoms with Crippen molar-refractivity contribution in [3.05, 3.63) is 35.9 Å². The smallest absolute Gasteiger partial charge is 0.331 e. The average molecular weight is 190 g/mol. The van der Waals surface area contributed by atoms with Crippen molar-refractivity contribution in [1.82, 2.24) is 0 Å². The number of cyclic esters (lactones) is 1. The van der Waals surface area contributed by atoms with Gasteiger partial charge in [0.25, 0.3) is 0 Å². The van der Waals surface area contributed by atoms with Crippen LogP contribution >= 0.6 is 0 Å². The lowest BCUT2D eigenvalue weighted by Gasteiger charge is -2.16. The largest absolute Gasteiger partial charge is 0.406 e. The van der Waals surface area contributed by atoms with E-state index < -0.39 is 12.0 Å². The number of rotatable bonds is 1. The molecular formula is C10H10N2O2. The van der Waals surface area contributed by atoms with E-state index in [1.165, 1.54) is 0 Å². The molecule has 0 amide bonds. The minimum absolute atomic E-state index is 0.295. The van der Waals surface area contributed by atoms with Gasteiger partial charge in [-0.1, -0.05) is 18.2 Å². The molecule has 4 heteroatoms. The number of carbonyl (C=O) groups excluding carboxylic acids is 1. The zero-order valence-electron chi connectivity index (χ0n) is 7.51. The third kappa shape index (κ3) is 1.65. The fourth-order valence-electron chi connectivity index (χ4n) is 1.19. The van der Waals surface area contributed by atoms with Gasteiger partial charge in [0.05, 0.1) is 6.54 Å². The van der Waals surface area contributed by atoms with Crippen LogP contribution in [0.2, 0.25) is 0 Å². The highest BCUT2D eigenvalue weighted by Crippen LogP contribution is 2.07. The molecule has 1 heterocycles. The van der Waals surface area contributed by atoms with E-state index >= 15 is 0 Å². The van der Waals surface area contributed by atoms with Gasteiger partial charge in [0.15, 0.2) is 0 Å². The SMILES string of the molecule is NC1CN=C(c2ccccc2)OC1=O. The summed E-state index contributed by atoms with van der Waals surface area (Å²) in [5, 5.41) is 0. The maximum Gasteiger partial charge on any atom is 0.331 e. The first-order valence-corrected chi connectivity index (χ1v) is 4.34. The van der Waals surface area contributed by atoms with Crippen molar-refractivity contribution in [2.75, 3.05) is 6.54 Å². The molecule has 0 saturated heterocycles. The third-order valence-electron chi connectivity index (χ3n) is 1.95. The molecule has 0 aromatic heterocycles. The van der Waals surface area contributed by atoms with Gasteiger partial charge in [-0.05, 0) is 12.1 Å². The monoisotopic (exact) mass is 190 g/mol. The van der Waals surface area contributed by atoms with Crippen LogP contribution in [0, 0.1) is 0 Å². The summed E-state index contributed by atoms with van der Waals surface area (Å²) in [5.74, 6) is -0.0591. The Labute approximate surface area is 81.4 Å². The van der Waals surface area contributed by atoms with Gasteiger partial charge in [0.1, 0.15) is 6.04 Å². The fourth-order valence-corrected chi connectivity index (χ4v) is 1.19. The average Bonchev–Trinajstić information content (AvgIpc) is 2.23. The molecule has 0 aliphatic carbocycles. The molecule has 1 aliphatic heterocycles. The first-order chi connectivity index (χ1) is 6.77. The van der Waals surface area contributed by atoms with Crippen molar-refractivity contribution in [1.29, 1.82) is 0 Å². The standard InChI is InChI=1S/C10H10N2O2/c11-8-6-12-9(14-10(8)13)7-4-2-1-3-5-7/h1-5,8H,6,11H2. The number of carbonyl (C=O) groups is 1. The lowest BCUT2D eigenvalue weighted by atomic mass is 10.2. The van der Waals surface area contributed by atoms with Crippen molar-refractivity contribution >= 4 is 11.9 Å². The predicted molar refractivity (Wildman–Crippen MR) is 51.9 cm³/mol. The first-order valence-electron chi connectivity index (χ1n) is 4.34. The van der Waals surface area contributed by atoms with Crippen LogP contribution in [0.5, 0.6) is 0 Å². The van der Waals surface area contributed by atoms with E-state index in [0.717, 1.165) is 5.56 Å².